The summed E-state index contributed by atoms with van der Waals surface area (Å²) >= 11 is 0. The van der Waals surface area contributed by atoms with Crippen molar-refractivity contribution in [3.05, 3.63) is 29.6 Å². The first-order valence-corrected chi connectivity index (χ1v) is 4.29. The summed E-state index contributed by atoms with van der Waals surface area (Å²) in [5.41, 5.74) is 0.337. The zero-order valence-corrected chi connectivity index (χ0v) is 7.40. The predicted octanol–water partition coefficient (Wildman–Crippen LogP) is 1.33. The van der Waals surface area contributed by atoms with Crippen molar-refractivity contribution >= 4 is 5.97 Å². The van der Waals surface area contributed by atoms with Crippen molar-refractivity contribution < 1.29 is 9.90 Å². The van der Waals surface area contributed by atoms with Gasteiger partial charge in [0.1, 0.15) is 5.69 Å². The van der Waals surface area contributed by atoms with Crippen LogP contribution in [0.5, 0.6) is 0 Å². The summed E-state index contributed by atoms with van der Waals surface area (Å²) in [6, 6.07) is 5.41. The molecule has 0 amide bonds. The number of carboxylic acid groups (broad SMARTS) is 1. The lowest BCUT2D eigenvalue weighted by molar-refractivity contribution is 0.0690. The molecule has 4 nitrogen and oxygen atoms in total. The van der Waals surface area contributed by atoms with Crippen molar-refractivity contribution in [3.63, 3.8) is 0 Å². The van der Waals surface area contributed by atoms with Gasteiger partial charge in [0.15, 0.2) is 0 Å². The smallest absolute Gasteiger partial charge is 0.354 e. The molecule has 2 rings (SSSR count). The van der Waals surface area contributed by atoms with Crippen LogP contribution in [0.3, 0.4) is 0 Å². The van der Waals surface area contributed by atoms with Gasteiger partial charge in [-0.3, -0.25) is 0 Å². The van der Waals surface area contributed by atoms with E-state index < -0.39 is 11.4 Å². The van der Waals surface area contributed by atoms with Gasteiger partial charge in [-0.05, 0) is 30.5 Å². The monoisotopic (exact) mass is 188 g/mol. The second-order valence-corrected chi connectivity index (χ2v) is 3.43. The van der Waals surface area contributed by atoms with E-state index in [-0.39, 0.29) is 5.69 Å². The molecule has 0 atom stereocenters. The molecule has 1 aliphatic carbocycles. The van der Waals surface area contributed by atoms with Crippen LogP contribution >= 0.6 is 0 Å². The van der Waals surface area contributed by atoms with Crippen LogP contribution in [-0.2, 0) is 5.41 Å². The number of hydrogen-bond donors (Lipinski definition) is 1. The minimum atomic E-state index is -1.06. The van der Waals surface area contributed by atoms with Gasteiger partial charge in [0.2, 0.25) is 0 Å². The summed E-state index contributed by atoms with van der Waals surface area (Å²) in [5.74, 6) is -1.06. The Hall–Kier alpha value is -1.89. The molecule has 1 fully saturated rings. The van der Waals surface area contributed by atoms with E-state index in [2.05, 4.69) is 11.1 Å². The molecule has 1 aromatic heterocycles. The van der Waals surface area contributed by atoms with Crippen LogP contribution in [-0.4, -0.2) is 16.1 Å². The first-order chi connectivity index (χ1) is 6.68. The Bertz CT molecular complexity index is 430. The van der Waals surface area contributed by atoms with Crippen LogP contribution in [0.4, 0.5) is 0 Å². The molecule has 0 radical (unpaired) electrons. The number of pyridine rings is 1. The molecule has 0 aromatic carbocycles. The van der Waals surface area contributed by atoms with E-state index in [0.29, 0.717) is 0 Å². The van der Waals surface area contributed by atoms with Gasteiger partial charge < -0.3 is 5.11 Å². The van der Waals surface area contributed by atoms with Crippen molar-refractivity contribution in [1.29, 1.82) is 5.26 Å². The Morgan fingerprint density at radius 3 is 2.86 bits per heavy atom. The Morgan fingerprint density at radius 2 is 2.36 bits per heavy atom. The van der Waals surface area contributed by atoms with Crippen LogP contribution in [0.25, 0.3) is 0 Å². The summed E-state index contributed by atoms with van der Waals surface area (Å²) in [5, 5.41) is 17.6. The van der Waals surface area contributed by atoms with Gasteiger partial charge in [0.25, 0.3) is 0 Å². The van der Waals surface area contributed by atoms with Crippen LogP contribution < -0.4 is 0 Å². The first kappa shape index (κ1) is 8.70. The quantitative estimate of drug-likeness (QED) is 0.759. The van der Waals surface area contributed by atoms with Gasteiger partial charge in [0, 0.05) is 6.20 Å². The molecular formula is C10H8N2O2. The van der Waals surface area contributed by atoms with Crippen molar-refractivity contribution in [2.24, 2.45) is 0 Å². The Labute approximate surface area is 80.8 Å². The lowest BCUT2D eigenvalue weighted by Gasteiger charge is -2.05. The summed E-state index contributed by atoms with van der Waals surface area (Å²) in [6.45, 7) is 0. The van der Waals surface area contributed by atoms with Crippen LogP contribution in [0.2, 0.25) is 0 Å². The number of aromatic nitrogens is 1. The van der Waals surface area contributed by atoms with Crippen LogP contribution in [0.15, 0.2) is 18.3 Å². The van der Waals surface area contributed by atoms with Crippen molar-refractivity contribution in [1.82, 2.24) is 4.98 Å². The molecular weight excluding hydrogens is 180 g/mol. The summed E-state index contributed by atoms with van der Waals surface area (Å²) in [6.07, 6.45) is 3.06. The number of aromatic carboxylic acids is 1. The number of nitrogens with zero attached hydrogens (tertiary/aromatic N) is 2. The number of rotatable bonds is 2. The first-order valence-electron chi connectivity index (χ1n) is 4.29. The van der Waals surface area contributed by atoms with E-state index in [1.165, 1.54) is 12.3 Å². The standard InChI is InChI=1S/C10H8N2O2/c11-6-10(2-3-10)7-1-4-12-8(5-7)9(13)14/h1,4-5H,2-3H2,(H,13,14). The highest BCUT2D eigenvalue weighted by Gasteiger charge is 2.45. The molecule has 0 spiro atoms. The van der Waals surface area contributed by atoms with E-state index in [0.717, 1.165) is 18.4 Å². The molecule has 4 heteroatoms. The zero-order valence-electron chi connectivity index (χ0n) is 7.40. The molecule has 1 aliphatic rings. The Morgan fingerprint density at radius 1 is 1.64 bits per heavy atom. The third-order valence-electron chi connectivity index (χ3n) is 2.50. The minimum absolute atomic E-state index is 0.00373. The van der Waals surface area contributed by atoms with E-state index in [9.17, 15) is 4.79 Å². The van der Waals surface area contributed by atoms with E-state index in [1.54, 1.807) is 6.07 Å². The van der Waals surface area contributed by atoms with Gasteiger partial charge in [-0.25, -0.2) is 9.78 Å². The maximum absolute atomic E-state index is 10.6. The van der Waals surface area contributed by atoms with Crippen molar-refractivity contribution in [3.8, 4) is 6.07 Å². The molecule has 1 aromatic rings. The topological polar surface area (TPSA) is 74.0 Å². The molecule has 70 valence electrons. The second-order valence-electron chi connectivity index (χ2n) is 3.43. The molecule has 0 bridgehead atoms. The average molecular weight is 188 g/mol. The van der Waals surface area contributed by atoms with E-state index >= 15 is 0 Å². The molecule has 14 heavy (non-hydrogen) atoms. The molecule has 0 aliphatic heterocycles. The number of hydrogen-bond acceptors (Lipinski definition) is 3. The average Bonchev–Trinajstić information content (AvgIpc) is 2.98. The fourth-order valence-corrected chi connectivity index (χ4v) is 1.44. The predicted molar refractivity (Wildman–Crippen MR) is 47.7 cm³/mol. The van der Waals surface area contributed by atoms with Crippen LogP contribution in [0, 0.1) is 11.3 Å². The number of nitriles is 1. The third kappa shape index (κ3) is 1.23. The van der Waals surface area contributed by atoms with Gasteiger partial charge in [-0.1, -0.05) is 0 Å². The lowest BCUT2D eigenvalue weighted by atomic mass is 9.98. The molecule has 1 heterocycles. The van der Waals surface area contributed by atoms with Crippen LogP contribution in [0.1, 0.15) is 28.9 Å². The highest BCUT2D eigenvalue weighted by atomic mass is 16.4. The molecule has 0 unspecified atom stereocenters. The van der Waals surface area contributed by atoms with Gasteiger partial charge in [-0.15, -0.1) is 0 Å². The normalized spacial score (nSPS) is 17.1. The number of carbonyl (C=O) groups is 1. The summed E-state index contributed by atoms with van der Waals surface area (Å²) < 4.78 is 0. The minimum Gasteiger partial charge on any atom is -0.477 e. The maximum Gasteiger partial charge on any atom is 0.354 e. The molecule has 1 saturated carbocycles. The SMILES string of the molecule is N#CC1(c2ccnc(C(=O)O)c2)CC1. The Balaban J connectivity index is 2.42. The fourth-order valence-electron chi connectivity index (χ4n) is 1.44. The highest BCUT2D eigenvalue weighted by molar-refractivity contribution is 5.85. The highest BCUT2D eigenvalue weighted by Crippen LogP contribution is 2.47. The van der Waals surface area contributed by atoms with E-state index in [1.807, 2.05) is 0 Å². The molecule has 1 N–H and O–H groups in total. The van der Waals surface area contributed by atoms with Crippen molar-refractivity contribution in [2.75, 3.05) is 0 Å². The number of carboxylic acids is 1. The van der Waals surface area contributed by atoms with Gasteiger partial charge >= 0.3 is 5.97 Å². The Kier molecular flexibility index (Phi) is 1.74. The van der Waals surface area contributed by atoms with Gasteiger partial charge in [-0.2, -0.15) is 5.26 Å². The zero-order chi connectivity index (χ0) is 10.2. The summed E-state index contributed by atoms with van der Waals surface area (Å²) in [7, 11) is 0. The largest absolute Gasteiger partial charge is 0.477 e. The molecule has 0 saturated heterocycles. The maximum atomic E-state index is 10.6. The van der Waals surface area contributed by atoms with Crippen molar-refractivity contribution in [2.45, 2.75) is 18.3 Å². The van der Waals surface area contributed by atoms with E-state index in [4.69, 9.17) is 10.4 Å². The van der Waals surface area contributed by atoms with Gasteiger partial charge in [0.05, 0.1) is 11.5 Å². The fraction of sp³-hybridized carbons (Fsp3) is 0.300. The summed E-state index contributed by atoms with van der Waals surface area (Å²) in [4.78, 5) is 14.3. The lowest BCUT2D eigenvalue weighted by Crippen LogP contribution is -2.07. The second kappa shape index (κ2) is 2.81. The third-order valence-corrected chi connectivity index (χ3v) is 2.50.